The molecule has 0 bridgehead atoms. The van der Waals surface area contributed by atoms with Crippen LogP contribution in [0.3, 0.4) is 0 Å². The fourth-order valence-corrected chi connectivity index (χ4v) is 3.00. The second-order valence-corrected chi connectivity index (χ2v) is 5.29. The van der Waals surface area contributed by atoms with Gasteiger partial charge in [-0.2, -0.15) is 0 Å². The van der Waals surface area contributed by atoms with Crippen LogP contribution in [0.5, 0.6) is 0 Å². The standard InChI is InChI=1S/C16H12O3S/c1-18-16(17)15-10-13-11(4-2-6-14(13)20-15)7-8-12-5-3-9-19-12/h2-10H,1H3. The summed E-state index contributed by atoms with van der Waals surface area (Å²) in [4.78, 5) is 12.2. The maximum absolute atomic E-state index is 11.6. The van der Waals surface area contributed by atoms with Crippen molar-refractivity contribution >= 4 is 39.5 Å². The highest BCUT2D eigenvalue weighted by atomic mass is 32.1. The van der Waals surface area contributed by atoms with Crippen molar-refractivity contribution in [3.8, 4) is 0 Å². The van der Waals surface area contributed by atoms with Crippen molar-refractivity contribution < 1.29 is 13.9 Å². The molecule has 2 heterocycles. The molecule has 1 aromatic carbocycles. The Morgan fingerprint density at radius 3 is 2.90 bits per heavy atom. The van der Waals surface area contributed by atoms with Gasteiger partial charge in [-0.15, -0.1) is 11.3 Å². The molecule has 4 heteroatoms. The largest absolute Gasteiger partial charge is 0.465 e. The van der Waals surface area contributed by atoms with Gasteiger partial charge in [-0.05, 0) is 35.9 Å². The van der Waals surface area contributed by atoms with E-state index in [4.69, 9.17) is 9.15 Å². The van der Waals surface area contributed by atoms with Crippen LogP contribution in [0.1, 0.15) is 21.0 Å². The molecule has 3 aromatic rings. The second kappa shape index (κ2) is 5.35. The minimum Gasteiger partial charge on any atom is -0.465 e. The zero-order chi connectivity index (χ0) is 13.9. The third-order valence-corrected chi connectivity index (χ3v) is 4.03. The lowest BCUT2D eigenvalue weighted by Crippen LogP contribution is -1.96. The first-order chi connectivity index (χ1) is 9.78. The molecular formula is C16H12O3S. The van der Waals surface area contributed by atoms with E-state index in [1.54, 1.807) is 6.26 Å². The van der Waals surface area contributed by atoms with E-state index in [1.165, 1.54) is 18.4 Å². The molecule has 0 spiro atoms. The molecule has 0 saturated heterocycles. The van der Waals surface area contributed by atoms with Crippen LogP contribution in [0.15, 0.2) is 47.1 Å². The molecule has 0 fully saturated rings. The van der Waals surface area contributed by atoms with Crippen molar-refractivity contribution in [3.05, 3.63) is 58.9 Å². The Kier molecular flexibility index (Phi) is 3.39. The highest BCUT2D eigenvalue weighted by Gasteiger charge is 2.11. The Labute approximate surface area is 120 Å². The number of hydrogen-bond acceptors (Lipinski definition) is 4. The van der Waals surface area contributed by atoms with Gasteiger partial charge in [0.25, 0.3) is 0 Å². The van der Waals surface area contributed by atoms with Crippen molar-refractivity contribution in [1.82, 2.24) is 0 Å². The van der Waals surface area contributed by atoms with Crippen molar-refractivity contribution in [2.75, 3.05) is 7.11 Å². The van der Waals surface area contributed by atoms with Crippen molar-refractivity contribution in [1.29, 1.82) is 0 Å². The molecule has 0 amide bonds. The molecule has 0 aliphatic rings. The van der Waals surface area contributed by atoms with Crippen LogP contribution in [0.4, 0.5) is 0 Å². The minimum atomic E-state index is -0.299. The molecule has 20 heavy (non-hydrogen) atoms. The number of carbonyl (C=O) groups is 1. The van der Waals surface area contributed by atoms with E-state index < -0.39 is 0 Å². The number of hydrogen-bond donors (Lipinski definition) is 0. The normalized spacial score (nSPS) is 11.2. The van der Waals surface area contributed by atoms with E-state index in [1.807, 2.05) is 48.6 Å². The van der Waals surface area contributed by atoms with Gasteiger partial charge in [-0.25, -0.2) is 4.79 Å². The van der Waals surface area contributed by atoms with E-state index in [9.17, 15) is 4.79 Å². The molecule has 0 N–H and O–H groups in total. The second-order valence-electron chi connectivity index (χ2n) is 4.21. The number of benzene rings is 1. The number of carbonyl (C=O) groups excluding carboxylic acids is 1. The van der Waals surface area contributed by atoms with Gasteiger partial charge >= 0.3 is 5.97 Å². The van der Waals surface area contributed by atoms with Crippen LogP contribution in [-0.2, 0) is 4.74 Å². The van der Waals surface area contributed by atoms with Gasteiger partial charge in [0, 0.05) is 10.1 Å². The maximum Gasteiger partial charge on any atom is 0.348 e. The Hall–Kier alpha value is -2.33. The molecule has 0 saturated carbocycles. The summed E-state index contributed by atoms with van der Waals surface area (Å²) in [6.07, 6.45) is 5.53. The Morgan fingerprint density at radius 2 is 2.15 bits per heavy atom. The van der Waals surface area contributed by atoms with Gasteiger partial charge in [0.05, 0.1) is 13.4 Å². The minimum absolute atomic E-state index is 0.299. The smallest absolute Gasteiger partial charge is 0.348 e. The van der Waals surface area contributed by atoms with Crippen LogP contribution in [0, 0.1) is 0 Å². The highest BCUT2D eigenvalue weighted by Crippen LogP contribution is 2.29. The Balaban J connectivity index is 2.02. The predicted molar refractivity (Wildman–Crippen MR) is 80.8 cm³/mol. The first-order valence-electron chi connectivity index (χ1n) is 6.10. The fourth-order valence-electron chi connectivity index (χ4n) is 1.99. The Bertz CT molecular complexity index is 766. The van der Waals surface area contributed by atoms with Gasteiger partial charge in [0.1, 0.15) is 10.6 Å². The summed E-state index contributed by atoms with van der Waals surface area (Å²) in [6, 6.07) is 11.6. The molecule has 0 aliphatic carbocycles. The molecule has 0 unspecified atom stereocenters. The number of methoxy groups -OCH3 is 1. The lowest BCUT2D eigenvalue weighted by Gasteiger charge is -1.95. The fraction of sp³-hybridized carbons (Fsp3) is 0.0625. The first-order valence-corrected chi connectivity index (χ1v) is 6.92. The lowest BCUT2D eigenvalue weighted by atomic mass is 10.1. The molecular weight excluding hydrogens is 272 g/mol. The van der Waals surface area contributed by atoms with Gasteiger partial charge in [0.15, 0.2) is 0 Å². The summed E-state index contributed by atoms with van der Waals surface area (Å²) in [5, 5.41) is 1.04. The summed E-state index contributed by atoms with van der Waals surface area (Å²) >= 11 is 1.44. The van der Waals surface area contributed by atoms with Crippen LogP contribution in [0.25, 0.3) is 22.2 Å². The SMILES string of the molecule is COC(=O)c1cc2c(C=Cc3ccco3)cccc2s1. The summed E-state index contributed by atoms with van der Waals surface area (Å²) in [5.74, 6) is 0.498. The quantitative estimate of drug-likeness (QED) is 0.667. The number of ether oxygens (including phenoxy) is 1. The lowest BCUT2D eigenvalue weighted by molar-refractivity contribution is 0.0606. The molecule has 0 atom stereocenters. The average Bonchev–Trinajstić information content (AvgIpc) is 3.13. The molecule has 2 aromatic heterocycles. The van der Waals surface area contributed by atoms with Gasteiger partial charge in [-0.1, -0.05) is 18.2 Å². The monoisotopic (exact) mass is 284 g/mol. The van der Waals surface area contributed by atoms with E-state index >= 15 is 0 Å². The topological polar surface area (TPSA) is 39.4 Å². The summed E-state index contributed by atoms with van der Waals surface area (Å²) < 4.78 is 11.1. The molecule has 3 nitrogen and oxygen atoms in total. The zero-order valence-corrected chi connectivity index (χ0v) is 11.6. The van der Waals surface area contributed by atoms with Gasteiger partial charge in [0.2, 0.25) is 0 Å². The van der Waals surface area contributed by atoms with Crippen LogP contribution >= 0.6 is 11.3 Å². The van der Waals surface area contributed by atoms with Crippen LogP contribution < -0.4 is 0 Å². The van der Waals surface area contributed by atoms with E-state index in [0.717, 1.165) is 21.4 Å². The third kappa shape index (κ3) is 2.38. The maximum atomic E-state index is 11.6. The average molecular weight is 284 g/mol. The van der Waals surface area contributed by atoms with Crippen LogP contribution in [-0.4, -0.2) is 13.1 Å². The number of thiophene rings is 1. The molecule has 0 aliphatic heterocycles. The van der Waals surface area contributed by atoms with Crippen molar-refractivity contribution in [2.24, 2.45) is 0 Å². The molecule has 0 radical (unpaired) electrons. The summed E-state index contributed by atoms with van der Waals surface area (Å²) in [6.45, 7) is 0. The number of fused-ring (bicyclic) bond motifs is 1. The van der Waals surface area contributed by atoms with E-state index in [0.29, 0.717) is 4.88 Å². The van der Waals surface area contributed by atoms with Gasteiger partial charge in [-0.3, -0.25) is 0 Å². The number of esters is 1. The Morgan fingerprint density at radius 1 is 1.25 bits per heavy atom. The van der Waals surface area contributed by atoms with E-state index in [2.05, 4.69) is 0 Å². The van der Waals surface area contributed by atoms with E-state index in [-0.39, 0.29) is 5.97 Å². The van der Waals surface area contributed by atoms with Crippen molar-refractivity contribution in [2.45, 2.75) is 0 Å². The summed E-state index contributed by atoms with van der Waals surface area (Å²) in [5.41, 5.74) is 1.05. The summed E-state index contributed by atoms with van der Waals surface area (Å²) in [7, 11) is 1.39. The molecule has 3 rings (SSSR count). The zero-order valence-electron chi connectivity index (χ0n) is 10.8. The molecule has 100 valence electrons. The number of furan rings is 1. The highest BCUT2D eigenvalue weighted by molar-refractivity contribution is 7.20. The predicted octanol–water partition coefficient (Wildman–Crippen LogP) is 4.45. The van der Waals surface area contributed by atoms with Crippen molar-refractivity contribution in [3.63, 3.8) is 0 Å². The first kappa shape index (κ1) is 12.7. The number of rotatable bonds is 3. The van der Waals surface area contributed by atoms with Crippen LogP contribution in [0.2, 0.25) is 0 Å². The van der Waals surface area contributed by atoms with Gasteiger partial charge < -0.3 is 9.15 Å². The third-order valence-electron chi connectivity index (χ3n) is 2.95.